The van der Waals surface area contributed by atoms with Gasteiger partial charge in [0.1, 0.15) is 11.8 Å². The highest BCUT2D eigenvalue weighted by Gasteiger charge is 2.30. The van der Waals surface area contributed by atoms with Gasteiger partial charge in [0.15, 0.2) is 6.61 Å². The molecule has 2 amide bonds. The molecule has 1 aliphatic rings. The van der Waals surface area contributed by atoms with Gasteiger partial charge in [0.05, 0.1) is 0 Å². The van der Waals surface area contributed by atoms with Gasteiger partial charge in [0, 0.05) is 17.6 Å². The third kappa shape index (κ3) is 7.23. The first-order valence-corrected chi connectivity index (χ1v) is 12.8. The zero-order valence-corrected chi connectivity index (χ0v) is 21.3. The average Bonchev–Trinajstić information content (AvgIpc) is 2.84. The number of hydrogen-bond acceptors (Lipinski definition) is 3. The van der Waals surface area contributed by atoms with Crippen LogP contribution in [0.4, 0.5) is 0 Å². The van der Waals surface area contributed by atoms with E-state index in [1.165, 1.54) is 6.42 Å². The van der Waals surface area contributed by atoms with Crippen molar-refractivity contribution in [3.8, 4) is 5.75 Å². The molecule has 1 atom stereocenters. The molecule has 1 unspecified atom stereocenters. The van der Waals surface area contributed by atoms with Crippen molar-refractivity contribution in [3.63, 3.8) is 0 Å². The fourth-order valence-electron chi connectivity index (χ4n) is 4.56. The molecule has 184 valence electrons. The van der Waals surface area contributed by atoms with Crippen LogP contribution in [0, 0.1) is 0 Å². The van der Waals surface area contributed by atoms with Crippen LogP contribution in [0.5, 0.6) is 5.75 Å². The molecule has 0 radical (unpaired) electrons. The van der Waals surface area contributed by atoms with Crippen LogP contribution in [-0.2, 0) is 16.1 Å². The van der Waals surface area contributed by atoms with E-state index in [9.17, 15) is 9.59 Å². The highest BCUT2D eigenvalue weighted by Crippen LogP contribution is 2.26. The highest BCUT2D eigenvalue weighted by molar-refractivity contribution is 6.30. The van der Waals surface area contributed by atoms with Crippen molar-refractivity contribution in [2.24, 2.45) is 0 Å². The number of nitrogens with one attached hydrogen (secondary N) is 1. The number of benzene rings is 2. The zero-order valence-electron chi connectivity index (χ0n) is 20.6. The van der Waals surface area contributed by atoms with E-state index < -0.39 is 6.04 Å². The highest BCUT2D eigenvalue weighted by atomic mass is 35.5. The molecule has 1 N–H and O–H groups in total. The zero-order chi connectivity index (χ0) is 24.5. The molecule has 3 rings (SSSR count). The van der Waals surface area contributed by atoms with Gasteiger partial charge in [-0.2, -0.15) is 0 Å². The largest absolute Gasteiger partial charge is 0.483 e. The lowest BCUT2D eigenvalue weighted by Crippen LogP contribution is -2.52. The van der Waals surface area contributed by atoms with E-state index in [-0.39, 0.29) is 30.4 Å². The Labute approximate surface area is 208 Å². The Kier molecular flexibility index (Phi) is 9.82. The number of amides is 2. The van der Waals surface area contributed by atoms with Crippen LogP contribution < -0.4 is 10.1 Å². The molecule has 0 spiro atoms. The van der Waals surface area contributed by atoms with E-state index >= 15 is 0 Å². The number of para-hydroxylation sites is 1. The smallest absolute Gasteiger partial charge is 0.261 e. The second-order valence-corrected chi connectivity index (χ2v) is 9.83. The van der Waals surface area contributed by atoms with Crippen molar-refractivity contribution < 1.29 is 14.3 Å². The van der Waals surface area contributed by atoms with Crippen LogP contribution in [0.3, 0.4) is 0 Å². The molecular formula is C28H37ClN2O3. The summed E-state index contributed by atoms with van der Waals surface area (Å²) in [5, 5.41) is 3.84. The van der Waals surface area contributed by atoms with Gasteiger partial charge in [-0.1, -0.05) is 82.0 Å². The number of carbonyl (C=O) groups is 2. The summed E-state index contributed by atoms with van der Waals surface area (Å²) in [5.74, 6) is 0.691. The maximum atomic E-state index is 13.5. The van der Waals surface area contributed by atoms with Crippen LogP contribution in [0.2, 0.25) is 5.02 Å². The summed E-state index contributed by atoms with van der Waals surface area (Å²) in [4.78, 5) is 28.4. The van der Waals surface area contributed by atoms with Crippen LogP contribution in [0.15, 0.2) is 48.5 Å². The maximum absolute atomic E-state index is 13.5. The van der Waals surface area contributed by atoms with Crippen LogP contribution >= 0.6 is 11.6 Å². The molecule has 5 nitrogen and oxygen atoms in total. The Morgan fingerprint density at radius 1 is 1.06 bits per heavy atom. The Morgan fingerprint density at radius 3 is 2.38 bits per heavy atom. The molecule has 6 heteroatoms. The minimum atomic E-state index is -0.561. The van der Waals surface area contributed by atoms with Crippen molar-refractivity contribution in [1.29, 1.82) is 0 Å². The molecule has 1 aliphatic carbocycles. The summed E-state index contributed by atoms with van der Waals surface area (Å²) in [7, 11) is 0. The lowest BCUT2D eigenvalue weighted by atomic mass is 9.95. The van der Waals surface area contributed by atoms with Gasteiger partial charge in [0.2, 0.25) is 5.91 Å². The Balaban J connectivity index is 1.77. The Morgan fingerprint density at radius 2 is 1.74 bits per heavy atom. The summed E-state index contributed by atoms with van der Waals surface area (Å²) in [6, 6.07) is 14.8. The first-order chi connectivity index (χ1) is 16.4. The second-order valence-electron chi connectivity index (χ2n) is 9.40. The summed E-state index contributed by atoms with van der Waals surface area (Å²) in [6.07, 6.45) is 6.03. The normalized spacial score (nSPS) is 15.1. The van der Waals surface area contributed by atoms with E-state index in [1.807, 2.05) is 43.3 Å². The minimum Gasteiger partial charge on any atom is -0.483 e. The van der Waals surface area contributed by atoms with E-state index in [0.29, 0.717) is 23.7 Å². The summed E-state index contributed by atoms with van der Waals surface area (Å²) in [6.45, 7) is 6.34. The fraction of sp³-hybridized carbons (Fsp3) is 0.500. The first kappa shape index (κ1) is 26.1. The van der Waals surface area contributed by atoms with E-state index in [2.05, 4.69) is 19.2 Å². The number of nitrogens with zero attached hydrogens (tertiary/aromatic N) is 1. The quantitative estimate of drug-likeness (QED) is 0.443. The molecule has 0 bridgehead atoms. The summed E-state index contributed by atoms with van der Waals surface area (Å²) < 4.78 is 5.98. The number of hydrogen-bond donors (Lipinski definition) is 1. The molecule has 34 heavy (non-hydrogen) atoms. The SMILES string of the molecule is CCC(C(=O)NC1CCCCC1)N(Cc1ccc(Cl)cc1)C(=O)COc1ccccc1C(C)C. The van der Waals surface area contributed by atoms with Gasteiger partial charge < -0.3 is 15.0 Å². The second kappa shape index (κ2) is 12.8. The molecule has 1 fully saturated rings. The van der Waals surface area contributed by atoms with Crippen molar-refractivity contribution in [3.05, 3.63) is 64.7 Å². The molecule has 0 saturated heterocycles. The molecule has 0 heterocycles. The lowest BCUT2D eigenvalue weighted by molar-refractivity contribution is -0.143. The van der Waals surface area contributed by atoms with E-state index in [1.54, 1.807) is 17.0 Å². The van der Waals surface area contributed by atoms with Gasteiger partial charge in [-0.05, 0) is 54.5 Å². The van der Waals surface area contributed by atoms with Crippen molar-refractivity contribution in [2.75, 3.05) is 6.61 Å². The maximum Gasteiger partial charge on any atom is 0.261 e. The van der Waals surface area contributed by atoms with Gasteiger partial charge >= 0.3 is 0 Å². The number of rotatable bonds is 10. The van der Waals surface area contributed by atoms with Crippen molar-refractivity contribution in [2.45, 2.75) is 83.8 Å². The third-order valence-corrected chi connectivity index (χ3v) is 6.75. The van der Waals surface area contributed by atoms with E-state index in [4.69, 9.17) is 16.3 Å². The molecule has 0 aromatic heterocycles. The standard InChI is InChI=1S/C28H37ClN2O3/c1-4-25(28(33)30-23-10-6-5-7-11-23)31(18-21-14-16-22(29)17-15-21)27(32)19-34-26-13-9-8-12-24(26)20(2)3/h8-9,12-17,20,23,25H,4-7,10-11,18-19H2,1-3H3,(H,30,33). The van der Waals surface area contributed by atoms with Gasteiger partial charge in [-0.15, -0.1) is 0 Å². The molecule has 2 aromatic rings. The first-order valence-electron chi connectivity index (χ1n) is 12.4. The Hall–Kier alpha value is -2.53. The number of carbonyl (C=O) groups excluding carboxylic acids is 2. The molecule has 1 saturated carbocycles. The van der Waals surface area contributed by atoms with Gasteiger partial charge in [-0.25, -0.2) is 0 Å². The third-order valence-electron chi connectivity index (χ3n) is 6.50. The fourth-order valence-corrected chi connectivity index (χ4v) is 4.69. The topological polar surface area (TPSA) is 58.6 Å². The number of ether oxygens (including phenoxy) is 1. The number of halogens is 1. The minimum absolute atomic E-state index is 0.0840. The molecular weight excluding hydrogens is 448 g/mol. The van der Waals surface area contributed by atoms with Crippen molar-refractivity contribution >= 4 is 23.4 Å². The molecule has 0 aliphatic heterocycles. The van der Waals surface area contributed by atoms with Gasteiger partial charge in [0.25, 0.3) is 5.91 Å². The monoisotopic (exact) mass is 484 g/mol. The predicted molar refractivity (Wildman–Crippen MR) is 137 cm³/mol. The summed E-state index contributed by atoms with van der Waals surface area (Å²) in [5.41, 5.74) is 1.98. The molecule has 2 aromatic carbocycles. The van der Waals surface area contributed by atoms with E-state index in [0.717, 1.165) is 36.8 Å². The van der Waals surface area contributed by atoms with Crippen LogP contribution in [0.25, 0.3) is 0 Å². The average molecular weight is 485 g/mol. The summed E-state index contributed by atoms with van der Waals surface area (Å²) >= 11 is 6.05. The lowest BCUT2D eigenvalue weighted by Gasteiger charge is -2.32. The van der Waals surface area contributed by atoms with Crippen molar-refractivity contribution in [1.82, 2.24) is 10.2 Å². The van der Waals surface area contributed by atoms with Crippen LogP contribution in [-0.4, -0.2) is 35.4 Å². The Bertz CT molecular complexity index is 939. The van der Waals surface area contributed by atoms with Gasteiger partial charge in [-0.3, -0.25) is 9.59 Å². The van der Waals surface area contributed by atoms with Crippen LogP contribution in [0.1, 0.15) is 76.3 Å². The predicted octanol–water partition coefficient (Wildman–Crippen LogP) is 6.10.